The first kappa shape index (κ1) is 10.0. The molecule has 0 radical (unpaired) electrons. The van der Waals surface area contributed by atoms with Gasteiger partial charge in [-0.15, -0.1) is 0 Å². The Balaban J connectivity index is 2.05. The summed E-state index contributed by atoms with van der Waals surface area (Å²) in [6.45, 7) is 1.26. The van der Waals surface area contributed by atoms with E-state index in [1.807, 2.05) is 11.9 Å². The third kappa shape index (κ3) is 3.55. The number of hydrogen-bond donors (Lipinski definition) is 1. The molecule has 0 bridgehead atoms. The summed E-state index contributed by atoms with van der Waals surface area (Å²) in [5, 5.41) is 8.79. The molecule has 1 aliphatic rings. The van der Waals surface area contributed by atoms with E-state index in [0.29, 0.717) is 0 Å². The van der Waals surface area contributed by atoms with Crippen LogP contribution in [-0.4, -0.2) is 30.3 Å². The molecule has 2 heteroatoms. The highest BCUT2D eigenvalue weighted by atomic mass is 16.3. The number of nitrogens with zero attached hydrogens (tertiary/aromatic N) is 1. The minimum absolute atomic E-state index is 0.201. The van der Waals surface area contributed by atoms with Crippen LogP contribution in [0.1, 0.15) is 38.5 Å². The third-order valence-corrected chi connectivity index (χ3v) is 2.89. The van der Waals surface area contributed by atoms with Gasteiger partial charge in [0.05, 0.1) is 6.73 Å². The second kappa shape index (κ2) is 5.55. The quantitative estimate of drug-likeness (QED) is 0.652. The first-order valence-electron chi connectivity index (χ1n) is 5.12. The lowest BCUT2D eigenvalue weighted by Crippen LogP contribution is -2.23. The summed E-state index contributed by atoms with van der Waals surface area (Å²) >= 11 is 0. The van der Waals surface area contributed by atoms with Gasteiger partial charge >= 0.3 is 0 Å². The monoisotopic (exact) mass is 171 g/mol. The number of hydrogen-bond acceptors (Lipinski definition) is 2. The van der Waals surface area contributed by atoms with E-state index in [2.05, 4.69) is 0 Å². The van der Waals surface area contributed by atoms with Crippen molar-refractivity contribution in [1.82, 2.24) is 4.90 Å². The largest absolute Gasteiger partial charge is 0.381 e. The number of aliphatic hydroxyl groups is 1. The van der Waals surface area contributed by atoms with E-state index in [1.54, 1.807) is 0 Å². The predicted octanol–water partition coefficient (Wildman–Crippen LogP) is 1.84. The van der Waals surface area contributed by atoms with Crippen molar-refractivity contribution in [1.29, 1.82) is 0 Å². The lowest BCUT2D eigenvalue weighted by atomic mass is 9.87. The Morgan fingerprint density at radius 2 is 1.92 bits per heavy atom. The molecule has 0 amide bonds. The van der Waals surface area contributed by atoms with Crippen molar-refractivity contribution >= 4 is 0 Å². The van der Waals surface area contributed by atoms with E-state index in [9.17, 15) is 0 Å². The third-order valence-electron chi connectivity index (χ3n) is 2.89. The van der Waals surface area contributed by atoms with E-state index in [4.69, 9.17) is 5.11 Å². The number of rotatable bonds is 4. The molecule has 1 aliphatic carbocycles. The maximum absolute atomic E-state index is 8.79. The molecule has 1 rings (SSSR count). The van der Waals surface area contributed by atoms with Crippen LogP contribution in [0.15, 0.2) is 0 Å². The van der Waals surface area contributed by atoms with Gasteiger partial charge in [-0.2, -0.15) is 0 Å². The van der Waals surface area contributed by atoms with E-state index < -0.39 is 0 Å². The van der Waals surface area contributed by atoms with Crippen LogP contribution in [0.3, 0.4) is 0 Å². The molecule has 2 nitrogen and oxygen atoms in total. The molecule has 0 aliphatic heterocycles. The van der Waals surface area contributed by atoms with Gasteiger partial charge in [-0.05, 0) is 19.4 Å². The molecule has 0 aromatic heterocycles. The molecule has 0 aromatic rings. The lowest BCUT2D eigenvalue weighted by Gasteiger charge is -2.23. The summed E-state index contributed by atoms with van der Waals surface area (Å²) < 4.78 is 0. The fourth-order valence-corrected chi connectivity index (χ4v) is 1.95. The molecule has 0 spiro atoms. The predicted molar refractivity (Wildman–Crippen MR) is 50.9 cm³/mol. The summed E-state index contributed by atoms with van der Waals surface area (Å²) in [6.07, 6.45) is 8.39. The van der Waals surface area contributed by atoms with Crippen molar-refractivity contribution in [2.45, 2.75) is 38.5 Å². The zero-order valence-electron chi connectivity index (χ0n) is 8.13. The average molecular weight is 171 g/mol. The number of aliphatic hydroxyl groups excluding tert-OH is 1. The van der Waals surface area contributed by atoms with E-state index in [-0.39, 0.29) is 6.73 Å². The van der Waals surface area contributed by atoms with Crippen LogP contribution in [0, 0.1) is 5.92 Å². The summed E-state index contributed by atoms with van der Waals surface area (Å²) in [7, 11) is 1.98. The van der Waals surface area contributed by atoms with Crippen molar-refractivity contribution in [3.05, 3.63) is 0 Å². The molecule has 72 valence electrons. The summed E-state index contributed by atoms with van der Waals surface area (Å²) in [4.78, 5) is 1.98. The van der Waals surface area contributed by atoms with Gasteiger partial charge in [-0.3, -0.25) is 4.90 Å². The Hall–Kier alpha value is -0.0800. The highest BCUT2D eigenvalue weighted by Gasteiger charge is 2.13. The normalized spacial score (nSPS) is 20.2. The van der Waals surface area contributed by atoms with Gasteiger partial charge in [-0.1, -0.05) is 32.1 Å². The highest BCUT2D eigenvalue weighted by molar-refractivity contribution is 4.66. The van der Waals surface area contributed by atoms with Crippen molar-refractivity contribution in [3.63, 3.8) is 0 Å². The Labute approximate surface area is 75.6 Å². The fourth-order valence-electron chi connectivity index (χ4n) is 1.95. The summed E-state index contributed by atoms with van der Waals surface area (Å²) in [6, 6.07) is 0. The summed E-state index contributed by atoms with van der Waals surface area (Å²) in [5.74, 6) is 0.938. The molecule has 0 unspecified atom stereocenters. The Morgan fingerprint density at radius 3 is 2.50 bits per heavy atom. The fraction of sp³-hybridized carbons (Fsp3) is 1.00. The molecular weight excluding hydrogens is 150 g/mol. The van der Waals surface area contributed by atoms with Crippen LogP contribution in [-0.2, 0) is 0 Å². The first-order valence-corrected chi connectivity index (χ1v) is 5.12. The zero-order chi connectivity index (χ0) is 8.81. The summed E-state index contributed by atoms with van der Waals surface area (Å²) in [5.41, 5.74) is 0. The van der Waals surface area contributed by atoms with Crippen LogP contribution in [0.5, 0.6) is 0 Å². The molecular formula is C10H21NO. The minimum atomic E-state index is 0.201. The molecule has 0 heterocycles. The molecule has 12 heavy (non-hydrogen) atoms. The molecule has 1 N–H and O–H groups in total. The topological polar surface area (TPSA) is 23.5 Å². The van der Waals surface area contributed by atoms with Gasteiger partial charge in [0, 0.05) is 6.54 Å². The molecule has 0 saturated heterocycles. The highest BCUT2D eigenvalue weighted by Crippen LogP contribution is 2.26. The van der Waals surface area contributed by atoms with E-state index in [0.717, 1.165) is 12.5 Å². The molecule has 0 atom stereocenters. The SMILES string of the molecule is CN(CO)CCC1CCCCC1. The standard InChI is InChI=1S/C10H21NO/c1-11(9-12)8-7-10-5-3-2-4-6-10/h10,12H,2-9H2,1H3. The van der Waals surface area contributed by atoms with Crippen molar-refractivity contribution in [2.24, 2.45) is 5.92 Å². The second-order valence-electron chi connectivity index (χ2n) is 4.01. The Bertz CT molecular complexity index is 110. The molecule has 1 fully saturated rings. The maximum Gasteiger partial charge on any atom is 0.0954 e. The Morgan fingerprint density at radius 1 is 1.25 bits per heavy atom. The van der Waals surface area contributed by atoms with Gasteiger partial charge in [0.1, 0.15) is 0 Å². The zero-order valence-corrected chi connectivity index (χ0v) is 8.13. The van der Waals surface area contributed by atoms with Gasteiger partial charge < -0.3 is 5.11 Å². The first-order chi connectivity index (χ1) is 5.83. The van der Waals surface area contributed by atoms with Crippen LogP contribution >= 0.6 is 0 Å². The van der Waals surface area contributed by atoms with E-state index >= 15 is 0 Å². The van der Waals surface area contributed by atoms with Crippen LogP contribution in [0.2, 0.25) is 0 Å². The second-order valence-corrected chi connectivity index (χ2v) is 4.01. The van der Waals surface area contributed by atoms with Crippen LogP contribution < -0.4 is 0 Å². The minimum Gasteiger partial charge on any atom is -0.381 e. The Kier molecular flexibility index (Phi) is 4.62. The van der Waals surface area contributed by atoms with Gasteiger partial charge in [0.2, 0.25) is 0 Å². The van der Waals surface area contributed by atoms with E-state index in [1.165, 1.54) is 38.5 Å². The smallest absolute Gasteiger partial charge is 0.0954 e. The van der Waals surface area contributed by atoms with Gasteiger partial charge in [0.15, 0.2) is 0 Å². The lowest BCUT2D eigenvalue weighted by molar-refractivity contribution is 0.123. The van der Waals surface area contributed by atoms with Gasteiger partial charge in [0.25, 0.3) is 0 Å². The van der Waals surface area contributed by atoms with Gasteiger partial charge in [-0.25, -0.2) is 0 Å². The molecule has 1 saturated carbocycles. The maximum atomic E-state index is 8.79. The van der Waals surface area contributed by atoms with Crippen molar-refractivity contribution < 1.29 is 5.11 Å². The van der Waals surface area contributed by atoms with Crippen molar-refractivity contribution in [2.75, 3.05) is 20.3 Å². The molecule has 0 aromatic carbocycles. The van der Waals surface area contributed by atoms with Crippen molar-refractivity contribution in [3.8, 4) is 0 Å². The average Bonchev–Trinajstić information content (AvgIpc) is 2.16. The van der Waals surface area contributed by atoms with Crippen LogP contribution in [0.4, 0.5) is 0 Å². The van der Waals surface area contributed by atoms with Crippen LogP contribution in [0.25, 0.3) is 0 Å².